The Hall–Kier alpha value is -2.04. The third-order valence-electron chi connectivity index (χ3n) is 3.38. The number of aromatic nitrogens is 1. The zero-order chi connectivity index (χ0) is 18.7. The Morgan fingerprint density at radius 1 is 1.28 bits per heavy atom. The van der Waals surface area contributed by atoms with Crippen molar-refractivity contribution in [3.8, 4) is 0 Å². The van der Waals surface area contributed by atoms with E-state index in [1.165, 1.54) is 13.8 Å². The van der Waals surface area contributed by atoms with Crippen LogP contribution in [0.1, 0.15) is 38.3 Å². The van der Waals surface area contributed by atoms with Gasteiger partial charge >= 0.3 is 23.9 Å². The van der Waals surface area contributed by atoms with Gasteiger partial charge < -0.3 is 14.8 Å². The van der Waals surface area contributed by atoms with Crippen LogP contribution in [0, 0.1) is 0 Å². The number of rotatable bonds is 7. The monoisotopic (exact) mass is 381 g/mol. The van der Waals surface area contributed by atoms with Crippen molar-refractivity contribution in [1.29, 1.82) is 0 Å². The van der Waals surface area contributed by atoms with E-state index < -0.39 is 23.9 Å². The molecule has 25 heavy (non-hydrogen) atoms. The van der Waals surface area contributed by atoms with Gasteiger partial charge in [-0.05, 0) is 26.7 Å². The Morgan fingerprint density at radius 3 is 2.44 bits per heavy atom. The van der Waals surface area contributed by atoms with Crippen molar-refractivity contribution in [3.63, 3.8) is 0 Å². The molecule has 0 bridgehead atoms. The van der Waals surface area contributed by atoms with Crippen molar-refractivity contribution in [1.82, 2.24) is 10.3 Å². The van der Waals surface area contributed by atoms with Gasteiger partial charge in [0.15, 0.2) is 5.13 Å². The highest BCUT2D eigenvalue weighted by Crippen LogP contribution is 2.42. The van der Waals surface area contributed by atoms with Gasteiger partial charge in [0.05, 0.1) is 18.9 Å². The first-order valence-electron chi connectivity index (χ1n) is 7.66. The lowest BCUT2D eigenvalue weighted by molar-refractivity contribution is -0.205. The van der Waals surface area contributed by atoms with E-state index in [4.69, 9.17) is 0 Å². The molecule has 1 unspecified atom stereocenters. The van der Waals surface area contributed by atoms with Gasteiger partial charge in [0.2, 0.25) is 0 Å². The highest BCUT2D eigenvalue weighted by molar-refractivity contribution is 7.13. The first kappa shape index (κ1) is 19.3. The number of thiazole rings is 1. The lowest BCUT2D eigenvalue weighted by Gasteiger charge is -2.33. The van der Waals surface area contributed by atoms with E-state index in [1.807, 2.05) is 5.32 Å². The predicted molar refractivity (Wildman–Crippen MR) is 83.3 cm³/mol. The zero-order valence-corrected chi connectivity index (χ0v) is 14.4. The number of ether oxygens (including phenoxy) is 2. The maximum Gasteiger partial charge on any atom is 0.442 e. The Bertz CT molecular complexity index is 633. The predicted octanol–water partition coefficient (Wildman–Crippen LogP) is 3.00. The van der Waals surface area contributed by atoms with E-state index in [0.717, 1.165) is 24.2 Å². The van der Waals surface area contributed by atoms with Crippen LogP contribution >= 0.6 is 11.3 Å². The number of carbonyl (C=O) groups excluding carboxylic acids is 2. The molecule has 1 aliphatic rings. The highest BCUT2D eigenvalue weighted by Gasteiger charge is 2.64. The summed E-state index contributed by atoms with van der Waals surface area (Å²) in [5.41, 5.74) is -2.84. The molecular formula is C14H18F3N3O4S. The Labute approximate surface area is 145 Å². The number of nitrogens with zero attached hydrogens (tertiary/aromatic N) is 1. The Kier molecular flexibility index (Phi) is 5.76. The van der Waals surface area contributed by atoms with E-state index in [2.05, 4.69) is 14.5 Å². The molecule has 1 heterocycles. The second-order valence-electron chi connectivity index (χ2n) is 5.29. The summed E-state index contributed by atoms with van der Waals surface area (Å²) in [6.45, 7) is 2.33. The summed E-state index contributed by atoms with van der Waals surface area (Å²) in [6.07, 6.45) is -4.75. The van der Waals surface area contributed by atoms with Crippen LogP contribution < -0.4 is 10.6 Å². The molecule has 0 spiro atoms. The van der Waals surface area contributed by atoms with Crippen LogP contribution in [-0.2, 0) is 14.3 Å². The lowest BCUT2D eigenvalue weighted by atomic mass is 10.1. The third-order valence-corrected chi connectivity index (χ3v) is 4.16. The van der Waals surface area contributed by atoms with Gasteiger partial charge in [-0.25, -0.2) is 14.6 Å². The Morgan fingerprint density at radius 2 is 1.92 bits per heavy atom. The van der Waals surface area contributed by atoms with Gasteiger partial charge in [-0.15, -0.1) is 11.3 Å². The zero-order valence-electron chi connectivity index (χ0n) is 13.6. The average Bonchev–Trinajstić information content (AvgIpc) is 3.26. The minimum atomic E-state index is -5.20. The molecule has 2 N–H and O–H groups in total. The van der Waals surface area contributed by atoms with Crippen molar-refractivity contribution in [2.45, 2.75) is 44.4 Å². The minimum absolute atomic E-state index is 0.149. The maximum atomic E-state index is 13.8. The summed E-state index contributed by atoms with van der Waals surface area (Å²) < 4.78 is 50.3. The van der Waals surface area contributed by atoms with Crippen LogP contribution in [-0.4, -0.2) is 42.1 Å². The number of hydrogen-bond donors (Lipinski definition) is 2. The standard InChI is InChI=1S/C14H18F3N3O4S/c1-3-23-10(21)13(14(15,16)17,20-12(22)24-4-2)19-11-18-9(7-25-11)8-5-6-8/h7-8H,3-6H2,1-2H3,(H,18,19)(H,20,22). The van der Waals surface area contributed by atoms with Crippen LogP contribution in [0.2, 0.25) is 0 Å². The van der Waals surface area contributed by atoms with Crippen molar-refractivity contribution in [2.75, 3.05) is 18.5 Å². The number of esters is 1. The number of halogens is 3. The summed E-state index contributed by atoms with van der Waals surface area (Å²) in [5, 5.41) is 5.03. The Balaban J connectivity index is 2.35. The molecule has 1 amide bonds. The highest BCUT2D eigenvalue weighted by atomic mass is 32.1. The molecule has 1 atom stereocenters. The molecule has 11 heteroatoms. The molecule has 0 aromatic carbocycles. The van der Waals surface area contributed by atoms with Crippen LogP contribution in [0.4, 0.5) is 23.1 Å². The second-order valence-corrected chi connectivity index (χ2v) is 6.15. The van der Waals surface area contributed by atoms with Crippen LogP contribution in [0.5, 0.6) is 0 Å². The third kappa shape index (κ3) is 4.33. The second kappa shape index (κ2) is 7.46. The fourth-order valence-electron chi connectivity index (χ4n) is 2.02. The number of amides is 1. The van der Waals surface area contributed by atoms with Gasteiger partial charge in [0.1, 0.15) is 0 Å². The van der Waals surface area contributed by atoms with E-state index in [1.54, 1.807) is 10.7 Å². The minimum Gasteiger partial charge on any atom is -0.463 e. The summed E-state index contributed by atoms with van der Waals surface area (Å²) in [5.74, 6) is -1.47. The topological polar surface area (TPSA) is 89.5 Å². The molecule has 1 aliphatic carbocycles. The quantitative estimate of drug-likeness (QED) is 0.558. The maximum absolute atomic E-state index is 13.8. The summed E-state index contributed by atoms with van der Waals surface area (Å²) in [4.78, 5) is 27.8. The molecular weight excluding hydrogens is 363 g/mol. The van der Waals surface area contributed by atoms with Crippen LogP contribution in [0.3, 0.4) is 0 Å². The molecule has 1 aromatic rings. The average molecular weight is 381 g/mol. The van der Waals surface area contributed by atoms with Crippen molar-refractivity contribution in [3.05, 3.63) is 11.1 Å². The van der Waals surface area contributed by atoms with Crippen molar-refractivity contribution < 1.29 is 32.2 Å². The van der Waals surface area contributed by atoms with E-state index in [9.17, 15) is 22.8 Å². The smallest absolute Gasteiger partial charge is 0.442 e. The van der Waals surface area contributed by atoms with Crippen LogP contribution in [0.15, 0.2) is 5.38 Å². The number of carbonyl (C=O) groups is 2. The normalized spacial score (nSPS) is 16.7. The summed E-state index contributed by atoms with van der Waals surface area (Å²) in [6, 6.07) is 0. The molecule has 2 rings (SSSR count). The SMILES string of the molecule is CCOC(=O)NC(Nc1nc(C2CC2)cs1)(C(=O)OCC)C(F)(F)F. The summed E-state index contributed by atoms with van der Waals surface area (Å²) >= 11 is 0.915. The van der Waals surface area contributed by atoms with Gasteiger partial charge in [0.25, 0.3) is 0 Å². The molecule has 140 valence electrons. The lowest BCUT2D eigenvalue weighted by Crippen LogP contribution is -2.69. The van der Waals surface area contributed by atoms with Crippen molar-refractivity contribution in [2.24, 2.45) is 0 Å². The molecule has 1 fully saturated rings. The molecule has 0 aliphatic heterocycles. The molecule has 0 saturated heterocycles. The first-order valence-corrected chi connectivity index (χ1v) is 8.54. The number of hydrogen-bond acceptors (Lipinski definition) is 7. The van der Waals surface area contributed by atoms with Gasteiger partial charge in [0, 0.05) is 11.3 Å². The number of anilines is 1. The summed E-state index contributed by atoms with van der Waals surface area (Å²) in [7, 11) is 0. The van der Waals surface area contributed by atoms with E-state index in [0.29, 0.717) is 5.69 Å². The number of alkyl carbamates (subject to hydrolysis) is 1. The van der Waals surface area contributed by atoms with Gasteiger partial charge in [-0.1, -0.05) is 0 Å². The largest absolute Gasteiger partial charge is 0.463 e. The van der Waals surface area contributed by atoms with E-state index >= 15 is 0 Å². The molecule has 1 saturated carbocycles. The first-order chi connectivity index (χ1) is 11.7. The van der Waals surface area contributed by atoms with E-state index in [-0.39, 0.29) is 24.3 Å². The van der Waals surface area contributed by atoms with Crippen molar-refractivity contribution >= 4 is 28.5 Å². The number of alkyl halides is 3. The molecule has 0 radical (unpaired) electrons. The van der Waals surface area contributed by atoms with Crippen LogP contribution in [0.25, 0.3) is 0 Å². The van der Waals surface area contributed by atoms with Gasteiger partial charge in [-0.2, -0.15) is 13.2 Å². The molecule has 7 nitrogen and oxygen atoms in total. The fourth-order valence-corrected chi connectivity index (χ4v) is 2.87. The number of nitrogens with one attached hydrogen (secondary N) is 2. The van der Waals surface area contributed by atoms with Gasteiger partial charge in [-0.3, -0.25) is 5.32 Å². The fraction of sp³-hybridized carbons (Fsp3) is 0.643. The molecule has 1 aromatic heterocycles.